The van der Waals surface area contributed by atoms with Crippen molar-refractivity contribution < 1.29 is 13.6 Å². The van der Waals surface area contributed by atoms with E-state index in [0.717, 1.165) is 13.2 Å². The van der Waals surface area contributed by atoms with Crippen LogP contribution in [0.4, 0.5) is 0 Å². The van der Waals surface area contributed by atoms with Gasteiger partial charge in [0.05, 0.1) is 19.8 Å². The molecule has 17 heavy (non-hydrogen) atoms. The fourth-order valence-corrected chi connectivity index (χ4v) is 3.35. The molecule has 102 valence electrons. The van der Waals surface area contributed by atoms with Crippen LogP contribution in [-0.4, -0.2) is 19.8 Å². The van der Waals surface area contributed by atoms with Crippen molar-refractivity contribution in [1.29, 1.82) is 0 Å². The van der Waals surface area contributed by atoms with Gasteiger partial charge in [-0.05, 0) is 19.8 Å². The third-order valence-electron chi connectivity index (χ3n) is 3.31. The Kier molecular flexibility index (Phi) is 7.61. The third-order valence-corrected chi connectivity index (χ3v) is 4.46. The first-order chi connectivity index (χ1) is 8.26. The zero-order chi connectivity index (χ0) is 12.6. The highest BCUT2D eigenvalue weighted by atomic mass is 31.2. The Morgan fingerprint density at radius 3 is 1.94 bits per heavy atom. The molecule has 1 rings (SSSR count). The predicted molar refractivity (Wildman–Crippen MR) is 71.9 cm³/mol. The molecule has 0 aliphatic carbocycles. The van der Waals surface area contributed by atoms with Crippen molar-refractivity contribution in [2.24, 2.45) is 5.41 Å². The van der Waals surface area contributed by atoms with Crippen molar-refractivity contribution in [2.75, 3.05) is 19.8 Å². The largest absolute Gasteiger partial charge is 0.332 e. The SMILES string of the molecule is CCCCC1(CCCC)COP(OCC)OC1. The first-order valence-corrected chi connectivity index (χ1v) is 8.04. The number of hydrogen-bond acceptors (Lipinski definition) is 3. The highest BCUT2D eigenvalue weighted by Crippen LogP contribution is 2.49. The van der Waals surface area contributed by atoms with Crippen LogP contribution in [0.15, 0.2) is 0 Å². The highest BCUT2D eigenvalue weighted by Gasteiger charge is 2.37. The van der Waals surface area contributed by atoms with Gasteiger partial charge >= 0.3 is 8.60 Å². The van der Waals surface area contributed by atoms with Gasteiger partial charge in [-0.1, -0.05) is 39.5 Å². The molecule has 1 heterocycles. The molecule has 0 spiro atoms. The monoisotopic (exact) mass is 262 g/mol. The Labute approximate surface area is 107 Å². The van der Waals surface area contributed by atoms with Crippen LogP contribution in [0, 0.1) is 5.41 Å². The summed E-state index contributed by atoms with van der Waals surface area (Å²) in [7, 11) is -1.06. The molecule has 1 saturated heterocycles. The van der Waals surface area contributed by atoms with E-state index in [1.54, 1.807) is 0 Å². The second kappa shape index (κ2) is 8.42. The van der Waals surface area contributed by atoms with Gasteiger partial charge in [0.15, 0.2) is 0 Å². The third kappa shape index (κ3) is 5.21. The smallest absolute Gasteiger partial charge is 0.313 e. The van der Waals surface area contributed by atoms with Gasteiger partial charge < -0.3 is 13.6 Å². The molecule has 4 heteroatoms. The summed E-state index contributed by atoms with van der Waals surface area (Å²) >= 11 is 0. The van der Waals surface area contributed by atoms with E-state index in [1.165, 1.54) is 38.5 Å². The molecule has 1 fully saturated rings. The standard InChI is InChI=1S/C13H27O3P/c1-4-7-9-13(10-8-5-2)11-15-17(14-6-3)16-12-13/h4-12H2,1-3H3. The fraction of sp³-hybridized carbons (Fsp3) is 1.00. The summed E-state index contributed by atoms with van der Waals surface area (Å²) < 4.78 is 16.9. The van der Waals surface area contributed by atoms with E-state index in [1.807, 2.05) is 6.92 Å². The average Bonchev–Trinajstić information content (AvgIpc) is 2.37. The molecule has 0 atom stereocenters. The lowest BCUT2D eigenvalue weighted by Crippen LogP contribution is -2.35. The van der Waals surface area contributed by atoms with E-state index in [9.17, 15) is 0 Å². The summed E-state index contributed by atoms with van der Waals surface area (Å²) in [4.78, 5) is 0. The van der Waals surface area contributed by atoms with E-state index in [0.29, 0.717) is 6.61 Å². The van der Waals surface area contributed by atoms with Gasteiger partial charge in [0.25, 0.3) is 0 Å². The molecule has 0 aromatic heterocycles. The zero-order valence-corrected chi connectivity index (χ0v) is 12.4. The maximum atomic E-state index is 5.75. The van der Waals surface area contributed by atoms with Crippen molar-refractivity contribution in [3.63, 3.8) is 0 Å². The van der Waals surface area contributed by atoms with Gasteiger partial charge in [-0.15, -0.1) is 0 Å². The molecule has 0 unspecified atom stereocenters. The van der Waals surface area contributed by atoms with Gasteiger partial charge in [0.1, 0.15) is 0 Å². The van der Waals surface area contributed by atoms with Crippen LogP contribution in [0.25, 0.3) is 0 Å². The van der Waals surface area contributed by atoms with Crippen molar-refractivity contribution in [3.05, 3.63) is 0 Å². The van der Waals surface area contributed by atoms with Crippen molar-refractivity contribution in [3.8, 4) is 0 Å². The lowest BCUT2D eigenvalue weighted by Gasteiger charge is -2.39. The molecule has 0 bridgehead atoms. The van der Waals surface area contributed by atoms with E-state index < -0.39 is 8.60 Å². The van der Waals surface area contributed by atoms with Gasteiger partial charge in [0, 0.05) is 5.41 Å². The maximum absolute atomic E-state index is 5.75. The van der Waals surface area contributed by atoms with Crippen LogP contribution >= 0.6 is 8.60 Å². The molecule has 3 nitrogen and oxygen atoms in total. The lowest BCUT2D eigenvalue weighted by atomic mass is 9.80. The first kappa shape index (κ1) is 15.4. The van der Waals surface area contributed by atoms with E-state index >= 15 is 0 Å². The highest BCUT2D eigenvalue weighted by molar-refractivity contribution is 7.41. The van der Waals surface area contributed by atoms with Crippen molar-refractivity contribution in [2.45, 2.75) is 59.3 Å². The summed E-state index contributed by atoms with van der Waals surface area (Å²) in [6.07, 6.45) is 7.46. The van der Waals surface area contributed by atoms with Crippen LogP contribution in [0.5, 0.6) is 0 Å². The molecule has 0 radical (unpaired) electrons. The summed E-state index contributed by atoms with van der Waals surface area (Å²) in [6, 6.07) is 0. The minimum absolute atomic E-state index is 0.252. The van der Waals surface area contributed by atoms with Crippen LogP contribution in [0.2, 0.25) is 0 Å². The van der Waals surface area contributed by atoms with E-state index in [2.05, 4.69) is 13.8 Å². The van der Waals surface area contributed by atoms with Crippen LogP contribution < -0.4 is 0 Å². The molecule has 0 aromatic carbocycles. The van der Waals surface area contributed by atoms with E-state index in [-0.39, 0.29) is 5.41 Å². The Balaban J connectivity index is 2.42. The van der Waals surface area contributed by atoms with Gasteiger partial charge in [-0.3, -0.25) is 0 Å². The Morgan fingerprint density at radius 2 is 1.53 bits per heavy atom. The van der Waals surface area contributed by atoms with Gasteiger partial charge in [-0.25, -0.2) is 0 Å². The lowest BCUT2D eigenvalue weighted by molar-refractivity contribution is -0.00611. The topological polar surface area (TPSA) is 27.7 Å². The molecular formula is C13H27O3P. The average molecular weight is 262 g/mol. The summed E-state index contributed by atoms with van der Waals surface area (Å²) in [6.45, 7) is 8.77. The molecular weight excluding hydrogens is 235 g/mol. The molecule has 1 aliphatic rings. The summed E-state index contributed by atoms with van der Waals surface area (Å²) in [5.41, 5.74) is 0.252. The maximum Gasteiger partial charge on any atom is 0.332 e. The molecule has 0 N–H and O–H groups in total. The van der Waals surface area contributed by atoms with E-state index in [4.69, 9.17) is 13.6 Å². The van der Waals surface area contributed by atoms with Gasteiger partial charge in [0.2, 0.25) is 0 Å². The Hall–Kier alpha value is 0.310. The second-order valence-electron chi connectivity index (χ2n) is 4.90. The molecule has 0 amide bonds. The van der Waals surface area contributed by atoms with Crippen molar-refractivity contribution >= 4 is 8.60 Å². The minimum atomic E-state index is -1.06. The van der Waals surface area contributed by atoms with Gasteiger partial charge in [-0.2, -0.15) is 0 Å². The second-order valence-corrected chi connectivity index (χ2v) is 6.12. The number of rotatable bonds is 8. The van der Waals surface area contributed by atoms with Crippen LogP contribution in [0.3, 0.4) is 0 Å². The van der Waals surface area contributed by atoms with Crippen LogP contribution in [0.1, 0.15) is 59.3 Å². The molecule has 0 saturated carbocycles. The number of hydrogen-bond donors (Lipinski definition) is 0. The predicted octanol–water partition coefficient (Wildman–Crippen LogP) is 4.66. The molecule has 0 aromatic rings. The zero-order valence-electron chi connectivity index (χ0n) is 11.5. The van der Waals surface area contributed by atoms with Crippen molar-refractivity contribution in [1.82, 2.24) is 0 Å². The minimum Gasteiger partial charge on any atom is -0.313 e. The Morgan fingerprint density at radius 1 is 1.00 bits per heavy atom. The fourth-order valence-electron chi connectivity index (χ4n) is 2.16. The summed E-state index contributed by atoms with van der Waals surface area (Å²) in [5, 5.41) is 0. The Bertz CT molecular complexity index is 181. The number of unbranched alkanes of at least 4 members (excludes halogenated alkanes) is 2. The quantitative estimate of drug-likeness (QED) is 0.595. The van der Waals surface area contributed by atoms with Crippen LogP contribution in [-0.2, 0) is 13.6 Å². The molecule has 1 aliphatic heterocycles. The first-order valence-electron chi connectivity index (χ1n) is 6.95. The normalized spacial score (nSPS) is 20.6. The summed E-state index contributed by atoms with van der Waals surface area (Å²) in [5.74, 6) is 0.